The van der Waals surface area contributed by atoms with Gasteiger partial charge in [0.15, 0.2) is 12.1 Å². The number of para-hydroxylation sites is 2. The molecule has 0 saturated carbocycles. The number of oxazole rings is 1. The summed E-state index contributed by atoms with van der Waals surface area (Å²) in [5.74, 6) is 1.14. The number of quaternary nitrogens is 1. The number of hydrogen-bond donors (Lipinski definition) is 1. The Morgan fingerprint density at radius 3 is 2.45 bits per heavy atom. The Bertz CT molecular complexity index is 1040. The van der Waals surface area contributed by atoms with Crippen molar-refractivity contribution < 1.29 is 17.7 Å². The minimum atomic E-state index is -3.45. The van der Waals surface area contributed by atoms with Crippen molar-refractivity contribution in [2.45, 2.75) is 37.6 Å². The Balaban J connectivity index is 1.39. The van der Waals surface area contributed by atoms with Crippen LogP contribution in [0.3, 0.4) is 0 Å². The van der Waals surface area contributed by atoms with Gasteiger partial charge in [0.1, 0.15) is 5.52 Å². The van der Waals surface area contributed by atoms with Crippen molar-refractivity contribution in [2.24, 2.45) is 0 Å². The molecule has 1 N–H and O–H groups in total. The molecule has 1 saturated heterocycles. The zero-order valence-electron chi connectivity index (χ0n) is 17.0. The Hall–Kier alpha value is -2.22. The number of benzene rings is 2. The highest BCUT2D eigenvalue weighted by atomic mass is 32.2. The van der Waals surface area contributed by atoms with E-state index in [0.29, 0.717) is 36.3 Å². The molecule has 1 aliphatic heterocycles. The molecule has 0 spiro atoms. The fraction of sp³-hybridized carbons (Fsp3) is 0.409. The first-order valence-corrected chi connectivity index (χ1v) is 11.7. The molecule has 0 unspecified atom stereocenters. The molecule has 7 heteroatoms. The van der Waals surface area contributed by atoms with Crippen molar-refractivity contribution in [3.63, 3.8) is 0 Å². The number of nitrogens with one attached hydrogen (secondary N) is 1. The van der Waals surface area contributed by atoms with Crippen LogP contribution in [0.15, 0.2) is 57.8 Å². The summed E-state index contributed by atoms with van der Waals surface area (Å²) in [6.45, 7) is 7.45. The molecule has 29 heavy (non-hydrogen) atoms. The van der Waals surface area contributed by atoms with Crippen LogP contribution in [0.4, 0.5) is 0 Å². The van der Waals surface area contributed by atoms with E-state index in [4.69, 9.17) is 4.42 Å². The minimum absolute atomic E-state index is 0.381. The number of sulfonamides is 1. The van der Waals surface area contributed by atoms with Crippen LogP contribution in [0.1, 0.15) is 37.6 Å². The molecule has 3 aromatic rings. The smallest absolute Gasteiger partial charge is 0.251 e. The Morgan fingerprint density at radius 2 is 1.79 bits per heavy atom. The second kappa shape index (κ2) is 8.26. The molecule has 2 heterocycles. The first-order valence-electron chi connectivity index (χ1n) is 10.3. The summed E-state index contributed by atoms with van der Waals surface area (Å²) in [5, 5.41) is 0. The van der Waals surface area contributed by atoms with E-state index in [1.54, 1.807) is 16.4 Å². The second-order valence-electron chi connectivity index (χ2n) is 7.78. The lowest BCUT2D eigenvalue weighted by Crippen LogP contribution is -3.13. The van der Waals surface area contributed by atoms with Crippen molar-refractivity contribution in [1.29, 1.82) is 0 Å². The molecule has 0 amide bonds. The van der Waals surface area contributed by atoms with E-state index in [-0.39, 0.29) is 0 Å². The van der Waals surface area contributed by atoms with Crippen molar-refractivity contribution in [3.05, 3.63) is 60.0 Å². The molecule has 1 aromatic heterocycles. The summed E-state index contributed by atoms with van der Waals surface area (Å²) in [5.41, 5.74) is 2.84. The lowest BCUT2D eigenvalue weighted by molar-refractivity contribution is -0.918. The third-order valence-electron chi connectivity index (χ3n) is 5.87. The van der Waals surface area contributed by atoms with Crippen LogP contribution in [0.5, 0.6) is 0 Å². The maximum Gasteiger partial charge on any atom is 0.251 e. The van der Waals surface area contributed by atoms with Gasteiger partial charge in [-0.3, -0.25) is 0 Å². The van der Waals surface area contributed by atoms with Crippen LogP contribution in [-0.4, -0.2) is 43.9 Å². The topological polar surface area (TPSA) is 67.8 Å². The van der Waals surface area contributed by atoms with Crippen LogP contribution in [0.25, 0.3) is 11.1 Å². The molecule has 1 fully saturated rings. The summed E-state index contributed by atoms with van der Waals surface area (Å²) in [7, 11) is -3.45. The highest BCUT2D eigenvalue weighted by Gasteiger charge is 2.31. The summed E-state index contributed by atoms with van der Waals surface area (Å²) in [6.07, 6.45) is 1.04. The van der Waals surface area contributed by atoms with Gasteiger partial charge in [0.2, 0.25) is 10.0 Å². The summed E-state index contributed by atoms with van der Waals surface area (Å²) >= 11 is 0. The van der Waals surface area contributed by atoms with E-state index < -0.39 is 10.0 Å². The quantitative estimate of drug-likeness (QED) is 0.673. The average Bonchev–Trinajstić information content (AvgIpc) is 3.16. The van der Waals surface area contributed by atoms with Crippen molar-refractivity contribution >= 4 is 21.1 Å². The number of fused-ring (bicyclic) bond motifs is 1. The van der Waals surface area contributed by atoms with E-state index in [9.17, 15) is 8.42 Å². The molecular formula is C22H28N3O3S+. The third-order valence-corrected chi connectivity index (χ3v) is 7.78. The molecule has 1 aliphatic rings. The third kappa shape index (κ3) is 4.22. The average molecular weight is 415 g/mol. The summed E-state index contributed by atoms with van der Waals surface area (Å²) in [6, 6.07) is 15.1. The van der Waals surface area contributed by atoms with E-state index in [1.165, 1.54) is 10.5 Å². The Kier molecular flexibility index (Phi) is 5.72. The first kappa shape index (κ1) is 20.1. The molecule has 154 valence electrons. The maximum atomic E-state index is 13.0. The predicted octanol–water partition coefficient (Wildman–Crippen LogP) is 2.43. The van der Waals surface area contributed by atoms with Crippen molar-refractivity contribution in [1.82, 2.24) is 9.29 Å². The van der Waals surface area contributed by atoms with Gasteiger partial charge in [-0.25, -0.2) is 13.4 Å². The summed E-state index contributed by atoms with van der Waals surface area (Å²) < 4.78 is 33.4. The van der Waals surface area contributed by atoms with Gasteiger partial charge in [0.05, 0.1) is 31.1 Å². The van der Waals surface area contributed by atoms with Gasteiger partial charge >= 0.3 is 0 Å². The number of nitrogens with zero attached hydrogens (tertiary/aromatic N) is 2. The van der Waals surface area contributed by atoms with Crippen LogP contribution in [0.2, 0.25) is 0 Å². The normalized spacial score (nSPS) is 17.6. The van der Waals surface area contributed by atoms with Gasteiger partial charge in [0, 0.05) is 0 Å². The van der Waals surface area contributed by atoms with Gasteiger partial charge in [-0.15, -0.1) is 0 Å². The van der Waals surface area contributed by atoms with E-state index in [2.05, 4.69) is 18.8 Å². The van der Waals surface area contributed by atoms with Crippen LogP contribution in [-0.2, 0) is 16.6 Å². The molecule has 0 aliphatic carbocycles. The van der Waals surface area contributed by atoms with Crippen molar-refractivity contribution in [3.8, 4) is 0 Å². The minimum Gasteiger partial charge on any atom is -0.435 e. The number of rotatable bonds is 6. The molecular weight excluding hydrogens is 386 g/mol. The number of piperazine rings is 1. The summed E-state index contributed by atoms with van der Waals surface area (Å²) in [4.78, 5) is 6.20. The lowest BCUT2D eigenvalue weighted by atomic mass is 9.99. The molecule has 6 nitrogen and oxygen atoms in total. The Labute approximate surface area is 172 Å². The monoisotopic (exact) mass is 414 g/mol. The highest BCUT2D eigenvalue weighted by molar-refractivity contribution is 7.89. The van der Waals surface area contributed by atoms with Gasteiger partial charge in [-0.2, -0.15) is 4.31 Å². The fourth-order valence-electron chi connectivity index (χ4n) is 3.78. The van der Waals surface area contributed by atoms with E-state index in [1.807, 2.05) is 36.4 Å². The second-order valence-corrected chi connectivity index (χ2v) is 9.72. The van der Waals surface area contributed by atoms with Gasteiger partial charge in [0.25, 0.3) is 5.89 Å². The van der Waals surface area contributed by atoms with Gasteiger partial charge in [-0.05, 0) is 42.2 Å². The van der Waals surface area contributed by atoms with Crippen molar-refractivity contribution in [2.75, 3.05) is 26.2 Å². The zero-order valence-corrected chi connectivity index (χ0v) is 17.8. The van der Waals surface area contributed by atoms with Gasteiger partial charge < -0.3 is 9.32 Å². The van der Waals surface area contributed by atoms with Crippen LogP contribution < -0.4 is 4.90 Å². The Morgan fingerprint density at radius 1 is 1.10 bits per heavy atom. The number of hydrogen-bond acceptors (Lipinski definition) is 4. The van der Waals surface area contributed by atoms with Gasteiger partial charge in [-0.1, -0.05) is 38.1 Å². The molecule has 4 rings (SSSR count). The van der Waals surface area contributed by atoms with Crippen LogP contribution in [0, 0.1) is 0 Å². The standard InChI is InChI=1S/C22H27N3O3S/c1-3-17(2)18-8-10-19(11-9-18)29(26,27)25-14-12-24(13-15-25)16-22-23-20-6-4-5-7-21(20)28-22/h4-11,17H,3,12-16H2,1-2H3/p+1/t17-/m1/s1. The lowest BCUT2D eigenvalue weighted by Gasteiger charge is -2.30. The number of aromatic nitrogens is 1. The molecule has 0 bridgehead atoms. The molecule has 0 radical (unpaired) electrons. The molecule has 2 aromatic carbocycles. The molecule has 1 atom stereocenters. The zero-order chi connectivity index (χ0) is 20.4. The maximum absolute atomic E-state index is 13.0. The first-order chi connectivity index (χ1) is 14.0. The van der Waals surface area contributed by atoms with Crippen LogP contribution >= 0.6 is 0 Å². The highest BCUT2D eigenvalue weighted by Crippen LogP contribution is 2.22. The van der Waals surface area contributed by atoms with E-state index in [0.717, 1.165) is 30.6 Å². The SMILES string of the molecule is CC[C@@H](C)c1ccc(S(=O)(=O)N2CC[NH+](Cc3nc4ccccc4o3)CC2)cc1. The van der Waals surface area contributed by atoms with E-state index >= 15 is 0 Å². The fourth-order valence-corrected chi connectivity index (χ4v) is 5.22. The largest absolute Gasteiger partial charge is 0.435 e. The predicted molar refractivity (Wildman–Crippen MR) is 112 cm³/mol.